The van der Waals surface area contributed by atoms with Crippen LogP contribution in [0.15, 0.2) is 36.4 Å². The van der Waals surface area contributed by atoms with Gasteiger partial charge in [-0.05, 0) is 36.6 Å². The number of ether oxygens (including phenoxy) is 1. The summed E-state index contributed by atoms with van der Waals surface area (Å²) in [7, 11) is 1.70. The van der Waals surface area contributed by atoms with Gasteiger partial charge in [0.25, 0.3) is 0 Å². The molecular weight excluding hydrogens is 224 g/mol. The highest BCUT2D eigenvalue weighted by molar-refractivity contribution is 5.89. The lowest BCUT2D eigenvalue weighted by atomic mass is 9.86. The third-order valence-electron chi connectivity index (χ3n) is 4.20. The van der Waals surface area contributed by atoms with Crippen molar-refractivity contribution >= 4 is 10.8 Å². The predicted molar refractivity (Wildman–Crippen MR) is 73.1 cm³/mol. The van der Waals surface area contributed by atoms with Gasteiger partial charge in [0.15, 0.2) is 0 Å². The maximum Gasteiger partial charge on any atom is 0.123 e. The van der Waals surface area contributed by atoms with Crippen molar-refractivity contribution in [3.05, 3.63) is 42.0 Å². The average molecular weight is 242 g/mol. The molecule has 0 bridgehead atoms. The number of aliphatic hydroxyl groups is 1. The molecule has 2 aromatic rings. The van der Waals surface area contributed by atoms with Gasteiger partial charge in [0.2, 0.25) is 0 Å². The lowest BCUT2D eigenvalue weighted by Crippen LogP contribution is -2.23. The Hall–Kier alpha value is -1.54. The number of hydrogen-bond acceptors (Lipinski definition) is 2. The number of hydrogen-bond donors (Lipinski definition) is 1. The minimum Gasteiger partial charge on any atom is -0.496 e. The van der Waals surface area contributed by atoms with Crippen molar-refractivity contribution in [1.29, 1.82) is 0 Å². The lowest BCUT2D eigenvalue weighted by Gasteiger charge is -2.23. The molecule has 1 aliphatic carbocycles. The molecule has 0 spiro atoms. The van der Waals surface area contributed by atoms with E-state index < -0.39 is 0 Å². The number of rotatable bonds is 3. The zero-order valence-corrected chi connectivity index (χ0v) is 10.8. The number of methoxy groups -OCH3 is 1. The van der Waals surface area contributed by atoms with E-state index >= 15 is 0 Å². The molecule has 0 saturated heterocycles. The minimum absolute atomic E-state index is 0.105. The van der Waals surface area contributed by atoms with Gasteiger partial charge in [-0.2, -0.15) is 0 Å². The van der Waals surface area contributed by atoms with Gasteiger partial charge in [0, 0.05) is 11.0 Å². The van der Waals surface area contributed by atoms with E-state index in [1.54, 1.807) is 7.11 Å². The third kappa shape index (κ3) is 1.52. The number of benzene rings is 2. The molecule has 1 N–H and O–H groups in total. The van der Waals surface area contributed by atoms with Crippen LogP contribution in [0.4, 0.5) is 0 Å². The Labute approximate surface area is 107 Å². The fourth-order valence-electron chi connectivity index (χ4n) is 2.95. The van der Waals surface area contributed by atoms with E-state index in [0.717, 1.165) is 18.6 Å². The lowest BCUT2D eigenvalue weighted by molar-refractivity contribution is 0.149. The third-order valence-corrected chi connectivity index (χ3v) is 4.20. The van der Waals surface area contributed by atoms with Gasteiger partial charge in [-0.3, -0.25) is 0 Å². The van der Waals surface area contributed by atoms with Crippen LogP contribution in [0.5, 0.6) is 5.75 Å². The first-order chi connectivity index (χ1) is 8.69. The van der Waals surface area contributed by atoms with Crippen LogP contribution in [0.1, 0.15) is 25.3 Å². The maximum absolute atomic E-state index is 10.1. The van der Waals surface area contributed by atoms with E-state index in [1.807, 2.05) is 25.1 Å². The van der Waals surface area contributed by atoms with Crippen LogP contribution in [0, 0.1) is 0 Å². The molecule has 94 valence electrons. The van der Waals surface area contributed by atoms with Gasteiger partial charge < -0.3 is 9.84 Å². The van der Waals surface area contributed by atoms with Crippen molar-refractivity contribution in [3.8, 4) is 5.75 Å². The summed E-state index contributed by atoms with van der Waals surface area (Å²) in [6, 6.07) is 12.4. The Bertz CT molecular complexity index is 583. The van der Waals surface area contributed by atoms with E-state index in [2.05, 4.69) is 18.2 Å². The van der Waals surface area contributed by atoms with E-state index in [0.29, 0.717) is 0 Å². The monoisotopic (exact) mass is 242 g/mol. The molecule has 1 unspecified atom stereocenters. The molecule has 1 saturated carbocycles. The van der Waals surface area contributed by atoms with Gasteiger partial charge >= 0.3 is 0 Å². The van der Waals surface area contributed by atoms with Gasteiger partial charge in [-0.15, -0.1) is 0 Å². The molecule has 0 amide bonds. The average Bonchev–Trinajstić information content (AvgIpc) is 3.18. The maximum atomic E-state index is 10.1. The molecule has 3 rings (SSSR count). The zero-order chi connectivity index (χ0) is 12.8. The van der Waals surface area contributed by atoms with Crippen molar-refractivity contribution in [2.45, 2.75) is 31.3 Å². The van der Waals surface area contributed by atoms with Crippen molar-refractivity contribution in [2.24, 2.45) is 0 Å². The van der Waals surface area contributed by atoms with Gasteiger partial charge in [-0.1, -0.05) is 30.3 Å². The Balaban J connectivity index is 2.31. The van der Waals surface area contributed by atoms with Crippen LogP contribution in [0.25, 0.3) is 10.8 Å². The van der Waals surface area contributed by atoms with Crippen molar-refractivity contribution in [3.63, 3.8) is 0 Å². The standard InChI is InChI=1S/C16H18O2/c1-11(17)16(9-10-16)15-13-6-4-3-5-12(13)7-8-14(15)18-2/h3-8,11,17H,9-10H2,1-2H3. The van der Waals surface area contributed by atoms with Crippen LogP contribution < -0.4 is 4.74 Å². The van der Waals surface area contributed by atoms with Gasteiger partial charge in [-0.25, -0.2) is 0 Å². The summed E-state index contributed by atoms with van der Waals surface area (Å²) in [5.74, 6) is 0.895. The molecule has 2 aromatic carbocycles. The van der Waals surface area contributed by atoms with Crippen molar-refractivity contribution < 1.29 is 9.84 Å². The highest BCUT2D eigenvalue weighted by atomic mass is 16.5. The van der Waals surface area contributed by atoms with Crippen molar-refractivity contribution in [1.82, 2.24) is 0 Å². The Morgan fingerprint density at radius 1 is 1.17 bits per heavy atom. The normalized spacial score (nSPS) is 18.6. The second kappa shape index (κ2) is 3.99. The summed E-state index contributed by atoms with van der Waals surface area (Å²) < 4.78 is 5.52. The summed E-state index contributed by atoms with van der Waals surface area (Å²) >= 11 is 0. The van der Waals surface area contributed by atoms with Crippen LogP contribution >= 0.6 is 0 Å². The Morgan fingerprint density at radius 3 is 2.50 bits per heavy atom. The van der Waals surface area contributed by atoms with E-state index in [-0.39, 0.29) is 11.5 Å². The van der Waals surface area contributed by atoms with Gasteiger partial charge in [0.05, 0.1) is 13.2 Å². The highest BCUT2D eigenvalue weighted by Crippen LogP contribution is 2.55. The van der Waals surface area contributed by atoms with Crippen LogP contribution in [0.2, 0.25) is 0 Å². The van der Waals surface area contributed by atoms with E-state index in [1.165, 1.54) is 16.3 Å². The first kappa shape index (κ1) is 11.5. The first-order valence-electron chi connectivity index (χ1n) is 6.43. The molecule has 0 radical (unpaired) electrons. The molecule has 2 nitrogen and oxygen atoms in total. The predicted octanol–water partition coefficient (Wildman–Crippen LogP) is 3.26. The molecule has 1 atom stereocenters. The summed E-state index contributed by atoms with van der Waals surface area (Å²) in [6.07, 6.45) is 1.74. The number of aliphatic hydroxyl groups excluding tert-OH is 1. The second-order valence-corrected chi connectivity index (χ2v) is 5.20. The molecule has 0 heterocycles. The van der Waals surface area contributed by atoms with Crippen molar-refractivity contribution in [2.75, 3.05) is 7.11 Å². The Kier molecular flexibility index (Phi) is 2.56. The fourth-order valence-corrected chi connectivity index (χ4v) is 2.95. The Morgan fingerprint density at radius 2 is 1.89 bits per heavy atom. The second-order valence-electron chi connectivity index (χ2n) is 5.20. The zero-order valence-electron chi connectivity index (χ0n) is 10.8. The number of fused-ring (bicyclic) bond motifs is 1. The first-order valence-corrected chi connectivity index (χ1v) is 6.43. The largest absolute Gasteiger partial charge is 0.496 e. The molecule has 0 aliphatic heterocycles. The summed E-state index contributed by atoms with van der Waals surface area (Å²) in [5, 5.41) is 12.5. The van der Waals surface area contributed by atoms with Crippen LogP contribution in [-0.4, -0.2) is 18.3 Å². The van der Waals surface area contributed by atoms with Crippen LogP contribution in [-0.2, 0) is 5.41 Å². The summed E-state index contributed by atoms with van der Waals surface area (Å²) in [6.45, 7) is 1.88. The van der Waals surface area contributed by atoms with E-state index in [9.17, 15) is 5.11 Å². The molecule has 2 heteroatoms. The summed E-state index contributed by atoms with van der Waals surface area (Å²) in [4.78, 5) is 0. The fraction of sp³-hybridized carbons (Fsp3) is 0.375. The highest BCUT2D eigenvalue weighted by Gasteiger charge is 2.50. The van der Waals surface area contributed by atoms with E-state index in [4.69, 9.17) is 4.74 Å². The molecular formula is C16H18O2. The molecule has 1 fully saturated rings. The SMILES string of the molecule is COc1ccc2ccccc2c1C1(C(C)O)CC1. The van der Waals surface area contributed by atoms with Crippen LogP contribution in [0.3, 0.4) is 0 Å². The molecule has 18 heavy (non-hydrogen) atoms. The summed E-state index contributed by atoms with van der Waals surface area (Å²) in [5.41, 5.74) is 1.07. The molecule has 0 aromatic heterocycles. The quantitative estimate of drug-likeness (QED) is 0.895. The minimum atomic E-state index is -0.336. The topological polar surface area (TPSA) is 29.5 Å². The van der Waals surface area contributed by atoms with Gasteiger partial charge in [0.1, 0.15) is 5.75 Å². The smallest absolute Gasteiger partial charge is 0.123 e. The molecule has 1 aliphatic rings.